The molecule has 1 aromatic heterocycles. The maximum absolute atomic E-state index is 11.3. The molecule has 1 aliphatic rings. The summed E-state index contributed by atoms with van der Waals surface area (Å²) in [6.07, 6.45) is -0.0556. The summed E-state index contributed by atoms with van der Waals surface area (Å²) < 4.78 is 8.47. The van der Waals surface area contributed by atoms with Gasteiger partial charge in [-0.15, -0.1) is 0 Å². The van der Waals surface area contributed by atoms with Crippen LogP contribution in [0.15, 0.2) is 28.7 Å². The number of anilines is 1. The van der Waals surface area contributed by atoms with E-state index < -0.39 is 0 Å². The zero-order valence-corrected chi connectivity index (χ0v) is 15.2. The van der Waals surface area contributed by atoms with Gasteiger partial charge in [-0.2, -0.15) is 5.10 Å². The molecule has 7 nitrogen and oxygen atoms in total. The predicted molar refractivity (Wildman–Crippen MR) is 94.5 cm³/mol. The van der Waals surface area contributed by atoms with E-state index in [1.807, 2.05) is 35.6 Å². The molecule has 1 atom stereocenters. The monoisotopic (exact) mass is 394 g/mol. The molecule has 1 saturated heterocycles. The topological polar surface area (TPSA) is 73.4 Å². The van der Waals surface area contributed by atoms with Crippen LogP contribution in [0.1, 0.15) is 11.4 Å². The number of aromatic nitrogens is 2. The standard InChI is InChI=1S/C16H19BrN4O3/c1-11-7-12(2)20(18-11)10-14-9-19(5-6-24-14)15-4-3-13(17)8-16(15)21(22)23/h3-4,7-8,14H,5-6,9-10H2,1-2H3. The van der Waals surface area contributed by atoms with Crippen LogP contribution in [-0.2, 0) is 11.3 Å². The fourth-order valence-electron chi connectivity index (χ4n) is 3.01. The van der Waals surface area contributed by atoms with Crippen LogP contribution in [0.2, 0.25) is 0 Å². The average Bonchev–Trinajstić information content (AvgIpc) is 2.85. The van der Waals surface area contributed by atoms with Crippen molar-refractivity contribution in [3.63, 3.8) is 0 Å². The lowest BCUT2D eigenvalue weighted by Crippen LogP contribution is -2.44. The summed E-state index contributed by atoms with van der Waals surface area (Å²) in [6, 6.07) is 7.18. The molecule has 1 aliphatic heterocycles. The number of hydrogen-bond donors (Lipinski definition) is 0. The molecule has 24 heavy (non-hydrogen) atoms. The fourth-order valence-corrected chi connectivity index (χ4v) is 3.36. The Morgan fingerprint density at radius 3 is 2.88 bits per heavy atom. The first kappa shape index (κ1) is 16.9. The summed E-state index contributed by atoms with van der Waals surface area (Å²) >= 11 is 3.30. The van der Waals surface area contributed by atoms with Gasteiger partial charge in [0.25, 0.3) is 5.69 Å². The maximum atomic E-state index is 11.3. The van der Waals surface area contributed by atoms with Gasteiger partial charge < -0.3 is 9.64 Å². The quantitative estimate of drug-likeness (QED) is 0.588. The molecule has 128 valence electrons. The summed E-state index contributed by atoms with van der Waals surface area (Å²) in [5.74, 6) is 0. The second-order valence-electron chi connectivity index (χ2n) is 5.94. The minimum absolute atomic E-state index is 0.0556. The zero-order chi connectivity index (χ0) is 17.3. The Hall–Kier alpha value is -1.93. The summed E-state index contributed by atoms with van der Waals surface area (Å²) in [4.78, 5) is 13.0. The zero-order valence-electron chi connectivity index (χ0n) is 13.6. The third-order valence-corrected chi connectivity index (χ3v) is 4.59. The van der Waals surface area contributed by atoms with Crippen molar-refractivity contribution in [2.75, 3.05) is 24.6 Å². The Bertz CT molecular complexity index is 762. The summed E-state index contributed by atoms with van der Waals surface area (Å²) in [6.45, 7) is 6.39. The first-order valence-electron chi connectivity index (χ1n) is 7.75. The molecule has 0 amide bonds. The van der Waals surface area contributed by atoms with E-state index >= 15 is 0 Å². The van der Waals surface area contributed by atoms with Gasteiger partial charge in [0.2, 0.25) is 0 Å². The third kappa shape index (κ3) is 3.59. The number of rotatable bonds is 4. The highest BCUT2D eigenvalue weighted by Gasteiger charge is 2.26. The van der Waals surface area contributed by atoms with Gasteiger partial charge in [-0.05, 0) is 32.0 Å². The minimum Gasteiger partial charge on any atom is -0.373 e. The van der Waals surface area contributed by atoms with E-state index in [9.17, 15) is 10.1 Å². The third-order valence-electron chi connectivity index (χ3n) is 4.09. The van der Waals surface area contributed by atoms with Crippen LogP contribution >= 0.6 is 15.9 Å². The number of nitro benzene ring substituents is 1. The highest BCUT2D eigenvalue weighted by atomic mass is 79.9. The number of halogens is 1. The molecule has 0 bridgehead atoms. The van der Waals surface area contributed by atoms with E-state index in [1.165, 1.54) is 0 Å². The van der Waals surface area contributed by atoms with Gasteiger partial charge in [0.15, 0.2) is 0 Å². The van der Waals surface area contributed by atoms with E-state index in [4.69, 9.17) is 4.74 Å². The van der Waals surface area contributed by atoms with Gasteiger partial charge in [-0.1, -0.05) is 15.9 Å². The fraction of sp³-hybridized carbons (Fsp3) is 0.438. The lowest BCUT2D eigenvalue weighted by molar-refractivity contribution is -0.384. The van der Waals surface area contributed by atoms with Crippen LogP contribution in [-0.4, -0.2) is 40.5 Å². The molecule has 2 aromatic rings. The highest BCUT2D eigenvalue weighted by Crippen LogP contribution is 2.32. The van der Waals surface area contributed by atoms with Crippen molar-refractivity contribution in [2.24, 2.45) is 0 Å². The van der Waals surface area contributed by atoms with E-state index in [1.54, 1.807) is 12.1 Å². The molecule has 0 radical (unpaired) electrons. The molecule has 0 aliphatic carbocycles. The number of hydrogen-bond acceptors (Lipinski definition) is 5. The smallest absolute Gasteiger partial charge is 0.293 e. The Morgan fingerprint density at radius 2 is 2.21 bits per heavy atom. The lowest BCUT2D eigenvalue weighted by atomic mass is 10.2. The van der Waals surface area contributed by atoms with Gasteiger partial charge in [0, 0.05) is 29.3 Å². The number of nitro groups is 1. The molecular formula is C16H19BrN4O3. The summed E-state index contributed by atoms with van der Waals surface area (Å²) in [7, 11) is 0. The van der Waals surface area contributed by atoms with Gasteiger partial charge in [0.05, 0.1) is 29.9 Å². The molecule has 0 spiro atoms. The second kappa shape index (κ2) is 6.90. The summed E-state index contributed by atoms with van der Waals surface area (Å²) in [5, 5.41) is 15.8. The van der Waals surface area contributed by atoms with E-state index in [2.05, 4.69) is 21.0 Å². The van der Waals surface area contributed by atoms with Crippen LogP contribution in [0.3, 0.4) is 0 Å². The molecule has 1 aromatic carbocycles. The molecule has 3 rings (SSSR count). The average molecular weight is 395 g/mol. The van der Waals surface area contributed by atoms with Crippen LogP contribution in [0.4, 0.5) is 11.4 Å². The van der Waals surface area contributed by atoms with Crippen molar-refractivity contribution >= 4 is 27.3 Å². The van der Waals surface area contributed by atoms with Gasteiger partial charge >= 0.3 is 0 Å². The number of aryl methyl sites for hydroxylation is 2. The number of benzene rings is 1. The Kier molecular flexibility index (Phi) is 4.86. The first-order valence-corrected chi connectivity index (χ1v) is 8.55. The van der Waals surface area contributed by atoms with E-state index in [0.717, 1.165) is 11.4 Å². The normalized spacial score (nSPS) is 18.0. The van der Waals surface area contributed by atoms with Crippen molar-refractivity contribution in [1.82, 2.24) is 9.78 Å². The second-order valence-corrected chi connectivity index (χ2v) is 6.85. The Labute approximate surface area is 148 Å². The molecule has 8 heteroatoms. The minimum atomic E-state index is -0.342. The van der Waals surface area contributed by atoms with Crippen molar-refractivity contribution in [2.45, 2.75) is 26.5 Å². The Balaban J connectivity index is 1.79. The molecular weight excluding hydrogens is 376 g/mol. The largest absolute Gasteiger partial charge is 0.373 e. The first-order chi connectivity index (χ1) is 11.4. The van der Waals surface area contributed by atoms with Crippen molar-refractivity contribution in [3.05, 3.63) is 50.2 Å². The van der Waals surface area contributed by atoms with Crippen molar-refractivity contribution in [1.29, 1.82) is 0 Å². The van der Waals surface area contributed by atoms with Crippen LogP contribution in [0.5, 0.6) is 0 Å². The predicted octanol–water partition coefficient (Wildman–Crippen LogP) is 3.08. The SMILES string of the molecule is Cc1cc(C)n(CC2CN(c3ccc(Br)cc3[N+](=O)[O-])CCO2)n1. The van der Waals surface area contributed by atoms with E-state index in [0.29, 0.717) is 36.4 Å². The van der Waals surface area contributed by atoms with Crippen LogP contribution in [0.25, 0.3) is 0 Å². The van der Waals surface area contributed by atoms with Gasteiger partial charge in [0.1, 0.15) is 5.69 Å². The molecule has 2 heterocycles. The van der Waals surface area contributed by atoms with Gasteiger partial charge in [-0.25, -0.2) is 0 Å². The number of morpholine rings is 1. The Morgan fingerprint density at radius 1 is 1.42 bits per heavy atom. The summed E-state index contributed by atoms with van der Waals surface area (Å²) in [5.41, 5.74) is 2.80. The molecule has 1 unspecified atom stereocenters. The van der Waals surface area contributed by atoms with Crippen molar-refractivity contribution in [3.8, 4) is 0 Å². The molecule has 0 saturated carbocycles. The van der Waals surface area contributed by atoms with Crippen molar-refractivity contribution < 1.29 is 9.66 Å². The maximum Gasteiger partial charge on any atom is 0.293 e. The van der Waals surface area contributed by atoms with Gasteiger partial charge in [-0.3, -0.25) is 14.8 Å². The highest BCUT2D eigenvalue weighted by molar-refractivity contribution is 9.10. The molecule has 1 fully saturated rings. The van der Waals surface area contributed by atoms with Crippen LogP contribution < -0.4 is 4.90 Å². The van der Waals surface area contributed by atoms with E-state index in [-0.39, 0.29) is 16.7 Å². The lowest BCUT2D eigenvalue weighted by Gasteiger charge is -2.34. The number of nitrogens with zero attached hydrogens (tertiary/aromatic N) is 4. The van der Waals surface area contributed by atoms with Crippen LogP contribution in [0, 0.1) is 24.0 Å². The number of ether oxygens (including phenoxy) is 1. The molecule has 0 N–H and O–H groups in total.